The molecule has 0 spiro atoms. The quantitative estimate of drug-likeness (QED) is 0.720. The number of amides is 2. The van der Waals surface area contributed by atoms with E-state index in [9.17, 15) is 14.7 Å². The van der Waals surface area contributed by atoms with Gasteiger partial charge in [-0.05, 0) is 11.1 Å². The number of benzene rings is 2. The van der Waals surface area contributed by atoms with Gasteiger partial charge >= 0.3 is 6.09 Å². The number of hydrogen-bond donors (Lipinski definition) is 3. The number of ether oxygens (including phenoxy) is 1. The first-order valence-electron chi connectivity index (χ1n) is 7.59. The molecule has 0 aliphatic heterocycles. The lowest BCUT2D eigenvalue weighted by Gasteiger charge is -2.12. The maximum atomic E-state index is 11.8. The topological polar surface area (TPSA) is 87.7 Å². The minimum atomic E-state index is -1.34. The molecule has 0 radical (unpaired) electrons. The standard InChI is InChI=1S/C18H20N2O4/c21-16(17(22)19-11-14-7-3-1-4-8-14)12-20-18(23)24-13-15-9-5-2-6-10-15/h1-10,16,21H,11-13H2,(H,19,22)(H,20,23). The highest BCUT2D eigenvalue weighted by Gasteiger charge is 2.16. The highest BCUT2D eigenvalue weighted by molar-refractivity contribution is 5.81. The lowest BCUT2D eigenvalue weighted by Crippen LogP contribution is -2.42. The van der Waals surface area contributed by atoms with E-state index in [0.29, 0.717) is 6.54 Å². The van der Waals surface area contributed by atoms with E-state index in [4.69, 9.17) is 4.74 Å². The van der Waals surface area contributed by atoms with Crippen LogP contribution in [-0.2, 0) is 22.7 Å². The summed E-state index contributed by atoms with van der Waals surface area (Å²) in [6, 6.07) is 18.6. The fraction of sp³-hybridized carbons (Fsp3) is 0.222. The van der Waals surface area contributed by atoms with E-state index in [2.05, 4.69) is 10.6 Å². The van der Waals surface area contributed by atoms with Crippen LogP contribution in [0.25, 0.3) is 0 Å². The predicted octanol–water partition coefficient (Wildman–Crippen LogP) is 1.59. The van der Waals surface area contributed by atoms with Crippen LogP contribution in [0.2, 0.25) is 0 Å². The Morgan fingerprint density at radius 2 is 1.50 bits per heavy atom. The summed E-state index contributed by atoms with van der Waals surface area (Å²) in [7, 11) is 0. The van der Waals surface area contributed by atoms with E-state index in [1.165, 1.54) is 0 Å². The summed E-state index contributed by atoms with van der Waals surface area (Å²) in [4.78, 5) is 23.3. The summed E-state index contributed by atoms with van der Waals surface area (Å²) in [5, 5.41) is 14.7. The average molecular weight is 328 g/mol. The molecular formula is C18H20N2O4. The van der Waals surface area contributed by atoms with Crippen LogP contribution in [0.1, 0.15) is 11.1 Å². The molecule has 2 amide bonds. The number of rotatable bonds is 7. The van der Waals surface area contributed by atoms with Crippen LogP contribution in [-0.4, -0.2) is 29.8 Å². The number of carbonyl (C=O) groups excluding carboxylic acids is 2. The van der Waals surface area contributed by atoms with Crippen molar-refractivity contribution in [2.24, 2.45) is 0 Å². The van der Waals surface area contributed by atoms with Crippen molar-refractivity contribution in [3.8, 4) is 0 Å². The van der Waals surface area contributed by atoms with Crippen LogP contribution >= 0.6 is 0 Å². The summed E-state index contributed by atoms with van der Waals surface area (Å²) in [5.74, 6) is -0.554. The van der Waals surface area contributed by atoms with Gasteiger partial charge in [-0.1, -0.05) is 60.7 Å². The van der Waals surface area contributed by atoms with Gasteiger partial charge < -0.3 is 20.5 Å². The third kappa shape index (κ3) is 6.10. The van der Waals surface area contributed by atoms with Gasteiger partial charge in [0, 0.05) is 6.54 Å². The molecule has 6 nitrogen and oxygen atoms in total. The van der Waals surface area contributed by atoms with Crippen molar-refractivity contribution in [1.29, 1.82) is 0 Å². The van der Waals surface area contributed by atoms with Gasteiger partial charge in [0.2, 0.25) is 0 Å². The van der Waals surface area contributed by atoms with Gasteiger partial charge in [-0.15, -0.1) is 0 Å². The van der Waals surface area contributed by atoms with Gasteiger partial charge in [0.25, 0.3) is 5.91 Å². The zero-order valence-corrected chi connectivity index (χ0v) is 13.1. The molecule has 6 heteroatoms. The maximum absolute atomic E-state index is 11.8. The van der Waals surface area contributed by atoms with Crippen LogP contribution in [0, 0.1) is 0 Å². The van der Waals surface area contributed by atoms with E-state index in [1.807, 2.05) is 60.7 Å². The van der Waals surface area contributed by atoms with E-state index < -0.39 is 18.1 Å². The van der Waals surface area contributed by atoms with Gasteiger partial charge in [-0.25, -0.2) is 4.79 Å². The van der Waals surface area contributed by atoms with Crippen molar-refractivity contribution in [2.45, 2.75) is 19.3 Å². The van der Waals surface area contributed by atoms with Crippen LogP contribution < -0.4 is 10.6 Å². The largest absolute Gasteiger partial charge is 0.445 e. The molecule has 0 heterocycles. The second-order valence-corrected chi connectivity index (χ2v) is 5.16. The molecule has 2 aromatic carbocycles. The Labute approximate surface area is 140 Å². The fourth-order valence-electron chi connectivity index (χ4n) is 1.95. The molecule has 2 aromatic rings. The predicted molar refractivity (Wildman–Crippen MR) is 88.9 cm³/mol. The van der Waals surface area contributed by atoms with Crippen molar-refractivity contribution in [2.75, 3.05) is 6.54 Å². The molecule has 1 atom stereocenters. The molecule has 0 fully saturated rings. The normalized spacial score (nSPS) is 11.4. The van der Waals surface area contributed by atoms with Gasteiger partial charge in [0.05, 0.1) is 6.54 Å². The molecule has 126 valence electrons. The summed E-state index contributed by atoms with van der Waals surface area (Å²) < 4.78 is 4.99. The lowest BCUT2D eigenvalue weighted by atomic mass is 10.2. The summed E-state index contributed by atoms with van der Waals surface area (Å²) in [6.07, 6.45) is -2.02. The van der Waals surface area contributed by atoms with E-state index in [1.54, 1.807) is 0 Å². The smallest absolute Gasteiger partial charge is 0.407 e. The Kier molecular flexibility index (Phi) is 6.79. The Hall–Kier alpha value is -2.86. The summed E-state index contributed by atoms with van der Waals surface area (Å²) in [5.41, 5.74) is 1.78. The Morgan fingerprint density at radius 1 is 0.917 bits per heavy atom. The number of carbonyl (C=O) groups is 2. The number of aliphatic hydroxyl groups excluding tert-OH is 1. The zero-order valence-electron chi connectivity index (χ0n) is 13.1. The molecule has 0 aliphatic carbocycles. The Bertz CT molecular complexity index is 647. The highest BCUT2D eigenvalue weighted by Crippen LogP contribution is 2.00. The first kappa shape index (κ1) is 17.5. The highest BCUT2D eigenvalue weighted by atomic mass is 16.5. The number of aliphatic hydroxyl groups is 1. The lowest BCUT2D eigenvalue weighted by molar-refractivity contribution is -0.129. The van der Waals surface area contributed by atoms with Gasteiger partial charge in [0.15, 0.2) is 0 Å². The molecule has 0 saturated carbocycles. The molecule has 0 aromatic heterocycles. The van der Waals surface area contributed by atoms with Crippen LogP contribution in [0.4, 0.5) is 4.79 Å². The molecule has 24 heavy (non-hydrogen) atoms. The summed E-state index contributed by atoms with van der Waals surface area (Å²) >= 11 is 0. The van der Waals surface area contributed by atoms with Crippen LogP contribution in [0.15, 0.2) is 60.7 Å². The second-order valence-electron chi connectivity index (χ2n) is 5.16. The van der Waals surface area contributed by atoms with Crippen LogP contribution in [0.5, 0.6) is 0 Å². The molecule has 1 unspecified atom stereocenters. The molecule has 3 N–H and O–H groups in total. The van der Waals surface area contributed by atoms with Gasteiger partial charge in [-0.2, -0.15) is 0 Å². The average Bonchev–Trinajstić information content (AvgIpc) is 2.64. The van der Waals surface area contributed by atoms with Gasteiger partial charge in [0.1, 0.15) is 12.7 Å². The van der Waals surface area contributed by atoms with Crippen molar-refractivity contribution in [3.05, 3.63) is 71.8 Å². The first-order chi connectivity index (χ1) is 11.6. The SMILES string of the molecule is O=C(NCC(O)C(=O)NCc1ccccc1)OCc1ccccc1. The minimum absolute atomic E-state index is 0.128. The monoisotopic (exact) mass is 328 g/mol. The first-order valence-corrected chi connectivity index (χ1v) is 7.59. The molecule has 0 saturated heterocycles. The van der Waals surface area contributed by atoms with Crippen LogP contribution in [0.3, 0.4) is 0 Å². The third-order valence-electron chi connectivity index (χ3n) is 3.26. The van der Waals surface area contributed by atoms with E-state index >= 15 is 0 Å². The molecular weight excluding hydrogens is 308 g/mol. The minimum Gasteiger partial charge on any atom is -0.445 e. The number of hydrogen-bond acceptors (Lipinski definition) is 4. The fourth-order valence-corrected chi connectivity index (χ4v) is 1.95. The second kappa shape index (κ2) is 9.32. The Morgan fingerprint density at radius 3 is 2.12 bits per heavy atom. The third-order valence-corrected chi connectivity index (χ3v) is 3.26. The van der Waals surface area contributed by atoms with Gasteiger partial charge in [-0.3, -0.25) is 4.79 Å². The molecule has 2 rings (SSSR count). The van der Waals surface area contributed by atoms with E-state index in [0.717, 1.165) is 11.1 Å². The summed E-state index contributed by atoms with van der Waals surface area (Å²) in [6.45, 7) is 0.229. The maximum Gasteiger partial charge on any atom is 0.407 e. The number of nitrogens with one attached hydrogen (secondary N) is 2. The van der Waals surface area contributed by atoms with Crippen molar-refractivity contribution < 1.29 is 19.4 Å². The number of alkyl carbamates (subject to hydrolysis) is 1. The van der Waals surface area contributed by atoms with E-state index in [-0.39, 0.29) is 13.2 Å². The van der Waals surface area contributed by atoms with Crippen molar-refractivity contribution >= 4 is 12.0 Å². The zero-order chi connectivity index (χ0) is 17.2. The Balaban J connectivity index is 1.65. The molecule has 0 aliphatic rings. The molecule has 0 bridgehead atoms. The van der Waals surface area contributed by atoms with Crippen molar-refractivity contribution in [1.82, 2.24) is 10.6 Å². The van der Waals surface area contributed by atoms with Crippen molar-refractivity contribution in [3.63, 3.8) is 0 Å².